The van der Waals surface area contributed by atoms with Gasteiger partial charge in [0, 0.05) is 11.8 Å². The summed E-state index contributed by atoms with van der Waals surface area (Å²) >= 11 is 0. The second-order valence-electron chi connectivity index (χ2n) is 5.06. The van der Waals surface area contributed by atoms with Crippen LogP contribution in [-0.4, -0.2) is 18.6 Å². The predicted octanol–water partition coefficient (Wildman–Crippen LogP) is 3.77. The summed E-state index contributed by atoms with van der Waals surface area (Å²) in [6, 6.07) is 13.1. The van der Waals surface area contributed by atoms with E-state index in [9.17, 15) is 9.18 Å². The Morgan fingerprint density at radius 3 is 2.74 bits per heavy atom. The number of nitrogens with one attached hydrogen (secondary N) is 1. The number of esters is 1. The third-order valence-corrected chi connectivity index (χ3v) is 3.15. The molecule has 0 spiro atoms. The summed E-state index contributed by atoms with van der Waals surface area (Å²) in [5.74, 6) is -0.154. The van der Waals surface area contributed by atoms with E-state index in [1.54, 1.807) is 26.0 Å². The van der Waals surface area contributed by atoms with Crippen LogP contribution in [0.1, 0.15) is 19.4 Å². The lowest BCUT2D eigenvalue weighted by Crippen LogP contribution is -2.28. The molecular weight excluding hydrogens is 297 g/mol. The molecule has 23 heavy (non-hydrogen) atoms. The van der Waals surface area contributed by atoms with Crippen molar-refractivity contribution in [2.45, 2.75) is 26.5 Å². The highest BCUT2D eigenvalue weighted by atomic mass is 19.1. The van der Waals surface area contributed by atoms with E-state index in [4.69, 9.17) is 9.47 Å². The van der Waals surface area contributed by atoms with Gasteiger partial charge in [-0.25, -0.2) is 9.18 Å². The molecule has 1 unspecified atom stereocenters. The molecule has 2 aromatic rings. The highest BCUT2D eigenvalue weighted by molar-refractivity contribution is 5.78. The highest BCUT2D eigenvalue weighted by Crippen LogP contribution is 2.17. The Balaban J connectivity index is 1.95. The molecule has 0 aliphatic rings. The normalized spacial score (nSPS) is 11.6. The fourth-order valence-corrected chi connectivity index (χ4v) is 2.05. The van der Waals surface area contributed by atoms with Crippen LogP contribution in [0.15, 0.2) is 48.5 Å². The third-order valence-electron chi connectivity index (χ3n) is 3.15. The molecule has 4 nitrogen and oxygen atoms in total. The number of benzene rings is 2. The van der Waals surface area contributed by atoms with Gasteiger partial charge < -0.3 is 14.8 Å². The number of halogens is 1. The fourth-order valence-electron chi connectivity index (χ4n) is 2.05. The van der Waals surface area contributed by atoms with Crippen LogP contribution in [0.2, 0.25) is 0 Å². The van der Waals surface area contributed by atoms with Gasteiger partial charge in [0.15, 0.2) is 0 Å². The van der Waals surface area contributed by atoms with Crippen molar-refractivity contribution in [3.05, 3.63) is 59.9 Å². The van der Waals surface area contributed by atoms with Crippen LogP contribution < -0.4 is 10.1 Å². The minimum absolute atomic E-state index is 0.297. The van der Waals surface area contributed by atoms with Crippen molar-refractivity contribution < 1.29 is 18.7 Å². The summed E-state index contributed by atoms with van der Waals surface area (Å²) in [5, 5.41) is 3.08. The van der Waals surface area contributed by atoms with E-state index in [1.807, 2.05) is 24.3 Å². The first-order valence-electron chi connectivity index (χ1n) is 7.49. The van der Waals surface area contributed by atoms with Gasteiger partial charge >= 0.3 is 5.97 Å². The van der Waals surface area contributed by atoms with E-state index in [-0.39, 0.29) is 11.8 Å². The van der Waals surface area contributed by atoms with E-state index in [0.717, 1.165) is 11.3 Å². The molecular formula is C18H20FNO3. The molecule has 0 radical (unpaired) electrons. The summed E-state index contributed by atoms with van der Waals surface area (Å²) in [7, 11) is 0. The van der Waals surface area contributed by atoms with Crippen molar-refractivity contribution >= 4 is 11.7 Å². The molecule has 1 atom stereocenters. The lowest BCUT2D eigenvalue weighted by Gasteiger charge is -2.15. The number of hydrogen-bond donors (Lipinski definition) is 1. The van der Waals surface area contributed by atoms with Crippen LogP contribution >= 0.6 is 0 Å². The molecule has 2 aromatic carbocycles. The smallest absolute Gasteiger partial charge is 0.328 e. The Bertz CT molecular complexity index is 660. The third kappa shape index (κ3) is 5.29. The van der Waals surface area contributed by atoms with Crippen molar-refractivity contribution in [1.82, 2.24) is 0 Å². The molecule has 1 N–H and O–H groups in total. The first-order valence-corrected chi connectivity index (χ1v) is 7.49. The van der Waals surface area contributed by atoms with Gasteiger partial charge in [0.25, 0.3) is 0 Å². The summed E-state index contributed by atoms with van der Waals surface area (Å²) in [5.41, 5.74) is 1.71. The predicted molar refractivity (Wildman–Crippen MR) is 86.9 cm³/mol. The summed E-state index contributed by atoms with van der Waals surface area (Å²) in [4.78, 5) is 11.6. The average molecular weight is 317 g/mol. The topological polar surface area (TPSA) is 47.6 Å². The maximum absolute atomic E-state index is 13.1. The van der Waals surface area contributed by atoms with Crippen molar-refractivity contribution in [3.63, 3.8) is 0 Å². The standard InChI is InChI=1S/C18H20FNO3/c1-3-22-18(21)13(2)20-16-8-4-6-14(10-16)12-23-17-9-5-7-15(19)11-17/h4-11,13,20H,3,12H2,1-2H3. The monoisotopic (exact) mass is 317 g/mol. The minimum Gasteiger partial charge on any atom is -0.489 e. The largest absolute Gasteiger partial charge is 0.489 e. The van der Waals surface area contributed by atoms with Gasteiger partial charge in [-0.05, 0) is 43.7 Å². The zero-order valence-electron chi connectivity index (χ0n) is 13.2. The lowest BCUT2D eigenvalue weighted by atomic mass is 10.2. The molecule has 0 aliphatic carbocycles. The maximum atomic E-state index is 13.1. The number of ether oxygens (including phenoxy) is 2. The van der Waals surface area contributed by atoms with E-state index in [1.165, 1.54) is 12.1 Å². The van der Waals surface area contributed by atoms with Crippen LogP contribution in [0.4, 0.5) is 10.1 Å². The molecule has 0 aromatic heterocycles. The van der Waals surface area contributed by atoms with Gasteiger partial charge in [-0.2, -0.15) is 0 Å². The van der Waals surface area contributed by atoms with E-state index < -0.39 is 6.04 Å². The number of anilines is 1. The Hall–Kier alpha value is -2.56. The first-order chi connectivity index (χ1) is 11.1. The van der Waals surface area contributed by atoms with Crippen LogP contribution in [-0.2, 0) is 16.1 Å². The quantitative estimate of drug-likeness (QED) is 0.790. The van der Waals surface area contributed by atoms with Crippen LogP contribution in [0.3, 0.4) is 0 Å². The Morgan fingerprint density at radius 1 is 1.22 bits per heavy atom. The molecule has 2 rings (SSSR count). The first kappa shape index (κ1) is 16.8. The Kier molecular flexibility index (Phi) is 5.97. The molecule has 0 bridgehead atoms. The molecule has 0 saturated carbocycles. The van der Waals surface area contributed by atoms with Gasteiger partial charge in [0.1, 0.15) is 24.2 Å². The number of carbonyl (C=O) groups is 1. The van der Waals surface area contributed by atoms with E-state index in [2.05, 4.69) is 5.32 Å². The van der Waals surface area contributed by atoms with E-state index in [0.29, 0.717) is 19.0 Å². The second kappa shape index (κ2) is 8.17. The molecule has 0 heterocycles. The Labute approximate surface area is 135 Å². The van der Waals surface area contributed by atoms with Crippen LogP contribution in [0.25, 0.3) is 0 Å². The van der Waals surface area contributed by atoms with Crippen molar-refractivity contribution in [1.29, 1.82) is 0 Å². The maximum Gasteiger partial charge on any atom is 0.328 e. The minimum atomic E-state index is -0.436. The van der Waals surface area contributed by atoms with Crippen LogP contribution in [0.5, 0.6) is 5.75 Å². The van der Waals surface area contributed by atoms with Gasteiger partial charge in [-0.3, -0.25) is 0 Å². The zero-order valence-corrected chi connectivity index (χ0v) is 13.2. The Morgan fingerprint density at radius 2 is 2.00 bits per heavy atom. The van der Waals surface area contributed by atoms with Crippen molar-refractivity contribution in [3.8, 4) is 5.75 Å². The molecule has 0 fully saturated rings. The number of carbonyl (C=O) groups excluding carboxylic acids is 1. The summed E-state index contributed by atoms with van der Waals surface area (Å²) < 4.78 is 23.6. The highest BCUT2D eigenvalue weighted by Gasteiger charge is 2.13. The van der Waals surface area contributed by atoms with Crippen molar-refractivity contribution in [2.75, 3.05) is 11.9 Å². The molecule has 0 amide bonds. The van der Waals surface area contributed by atoms with Crippen LogP contribution in [0, 0.1) is 5.82 Å². The lowest BCUT2D eigenvalue weighted by molar-refractivity contribution is -0.143. The number of rotatable bonds is 7. The second-order valence-corrected chi connectivity index (χ2v) is 5.06. The summed E-state index contributed by atoms with van der Waals surface area (Å²) in [6.07, 6.45) is 0. The SMILES string of the molecule is CCOC(=O)C(C)Nc1cccc(COc2cccc(F)c2)c1. The van der Waals surface area contributed by atoms with Gasteiger partial charge in [0.2, 0.25) is 0 Å². The van der Waals surface area contributed by atoms with Gasteiger partial charge in [0.05, 0.1) is 6.61 Å². The molecule has 5 heteroatoms. The fraction of sp³-hybridized carbons (Fsp3) is 0.278. The molecule has 122 valence electrons. The van der Waals surface area contributed by atoms with Gasteiger partial charge in [-0.1, -0.05) is 18.2 Å². The molecule has 0 aliphatic heterocycles. The van der Waals surface area contributed by atoms with E-state index >= 15 is 0 Å². The zero-order chi connectivity index (χ0) is 16.7. The van der Waals surface area contributed by atoms with Crippen molar-refractivity contribution in [2.24, 2.45) is 0 Å². The molecule has 0 saturated heterocycles. The number of hydrogen-bond acceptors (Lipinski definition) is 4. The van der Waals surface area contributed by atoms with Gasteiger partial charge in [-0.15, -0.1) is 0 Å². The average Bonchev–Trinajstić information content (AvgIpc) is 2.53. The summed E-state index contributed by atoms with van der Waals surface area (Å²) in [6.45, 7) is 4.18.